The van der Waals surface area contributed by atoms with E-state index in [9.17, 15) is 14.7 Å². The van der Waals surface area contributed by atoms with Crippen LogP contribution in [0.3, 0.4) is 0 Å². The summed E-state index contributed by atoms with van der Waals surface area (Å²) in [6.45, 7) is 1.11. The number of hydrogen-bond donors (Lipinski definition) is 1. The van der Waals surface area contributed by atoms with Gasteiger partial charge in [0.15, 0.2) is 5.43 Å². The minimum Gasteiger partial charge on any atom is -0.508 e. The average molecular weight is 364 g/mol. The molecule has 1 unspecified atom stereocenters. The highest BCUT2D eigenvalue weighted by Gasteiger charge is 2.42. The molecule has 0 fully saturated rings. The molecule has 1 aliphatic heterocycles. The van der Waals surface area contributed by atoms with E-state index in [-0.39, 0.29) is 22.8 Å². The number of fused-ring (bicyclic) bond motifs is 2. The summed E-state index contributed by atoms with van der Waals surface area (Å²) in [6.07, 6.45) is 0. The molecule has 3 aromatic rings. The zero-order valence-corrected chi connectivity index (χ0v) is 15.2. The first-order chi connectivity index (χ1) is 13.0. The van der Waals surface area contributed by atoms with Crippen molar-refractivity contribution < 1.29 is 14.3 Å². The summed E-state index contributed by atoms with van der Waals surface area (Å²) in [7, 11) is 3.86. The topological polar surface area (TPSA) is 74.0 Å². The third-order valence-electron chi connectivity index (χ3n) is 4.87. The van der Waals surface area contributed by atoms with Crippen molar-refractivity contribution in [3.05, 3.63) is 75.6 Å². The first-order valence-corrected chi connectivity index (χ1v) is 8.77. The van der Waals surface area contributed by atoms with Crippen LogP contribution in [-0.4, -0.2) is 48.0 Å². The molecule has 6 nitrogen and oxygen atoms in total. The van der Waals surface area contributed by atoms with Crippen molar-refractivity contribution in [2.45, 2.75) is 6.04 Å². The highest BCUT2D eigenvalue weighted by Crippen LogP contribution is 2.38. The Morgan fingerprint density at radius 3 is 2.48 bits per heavy atom. The molecule has 1 N–H and O–H groups in total. The number of likely N-dealkylation sites (N-methyl/N-ethyl adjacent to an activating group) is 1. The number of para-hydroxylation sites is 1. The lowest BCUT2D eigenvalue weighted by atomic mass is 9.98. The smallest absolute Gasteiger partial charge is 0.290 e. The van der Waals surface area contributed by atoms with Crippen molar-refractivity contribution in [3.63, 3.8) is 0 Å². The molecule has 138 valence electrons. The molecule has 0 saturated heterocycles. The summed E-state index contributed by atoms with van der Waals surface area (Å²) in [6, 6.07) is 13.0. The summed E-state index contributed by atoms with van der Waals surface area (Å²) in [4.78, 5) is 29.9. The van der Waals surface area contributed by atoms with Crippen molar-refractivity contribution in [1.29, 1.82) is 0 Å². The Morgan fingerprint density at radius 2 is 1.78 bits per heavy atom. The molecule has 0 saturated carbocycles. The Bertz CT molecular complexity index is 1070. The summed E-state index contributed by atoms with van der Waals surface area (Å²) < 4.78 is 5.86. The standard InChI is InChI=1S/C21H20N2O4/c1-22(2)11-12-23-18(13-7-9-14(24)10-8-13)17-19(25)15-5-3-4-6-16(15)27-20(17)21(23)26/h3-10,18,24H,11-12H2,1-2H3. The lowest BCUT2D eigenvalue weighted by molar-refractivity contribution is 0.0716. The van der Waals surface area contributed by atoms with Gasteiger partial charge in [0.2, 0.25) is 5.76 Å². The predicted molar refractivity (Wildman–Crippen MR) is 102 cm³/mol. The van der Waals surface area contributed by atoms with Gasteiger partial charge in [0, 0.05) is 13.1 Å². The minimum absolute atomic E-state index is 0.107. The molecule has 2 aromatic carbocycles. The summed E-state index contributed by atoms with van der Waals surface area (Å²) in [5, 5.41) is 10.1. The van der Waals surface area contributed by atoms with E-state index in [1.165, 1.54) is 0 Å². The van der Waals surface area contributed by atoms with Crippen molar-refractivity contribution in [1.82, 2.24) is 9.80 Å². The van der Waals surface area contributed by atoms with Crippen molar-refractivity contribution >= 4 is 16.9 Å². The average Bonchev–Trinajstić information content (AvgIpc) is 2.93. The van der Waals surface area contributed by atoms with Gasteiger partial charge in [-0.05, 0) is 43.9 Å². The van der Waals surface area contributed by atoms with Crippen LogP contribution in [0.1, 0.15) is 27.7 Å². The molecule has 1 atom stereocenters. The van der Waals surface area contributed by atoms with Crippen LogP contribution in [-0.2, 0) is 0 Å². The zero-order chi connectivity index (χ0) is 19.1. The highest BCUT2D eigenvalue weighted by atomic mass is 16.3. The molecule has 1 amide bonds. The van der Waals surface area contributed by atoms with Crippen molar-refractivity contribution in [3.8, 4) is 5.75 Å². The first kappa shape index (κ1) is 17.3. The van der Waals surface area contributed by atoms with Gasteiger partial charge in [0.25, 0.3) is 5.91 Å². The van der Waals surface area contributed by atoms with Gasteiger partial charge >= 0.3 is 0 Å². The van der Waals surface area contributed by atoms with E-state index >= 15 is 0 Å². The maximum Gasteiger partial charge on any atom is 0.290 e. The number of aromatic hydroxyl groups is 1. The van der Waals surface area contributed by atoms with Gasteiger partial charge in [-0.15, -0.1) is 0 Å². The molecule has 1 aromatic heterocycles. The molecule has 0 aliphatic carbocycles. The van der Waals surface area contributed by atoms with Gasteiger partial charge in [-0.2, -0.15) is 0 Å². The Hall–Kier alpha value is -3.12. The van der Waals surface area contributed by atoms with E-state index in [0.717, 1.165) is 5.56 Å². The minimum atomic E-state index is -0.533. The second-order valence-electron chi connectivity index (χ2n) is 6.97. The fourth-order valence-electron chi connectivity index (χ4n) is 3.51. The molecule has 27 heavy (non-hydrogen) atoms. The van der Waals surface area contributed by atoms with Crippen LogP contribution in [0.4, 0.5) is 0 Å². The molecule has 0 radical (unpaired) electrons. The molecule has 4 rings (SSSR count). The van der Waals surface area contributed by atoms with E-state index in [1.807, 2.05) is 19.0 Å². The number of phenolic OH excluding ortho intramolecular Hbond substituents is 1. The van der Waals surface area contributed by atoms with Gasteiger partial charge in [0.05, 0.1) is 17.0 Å². The number of carbonyl (C=O) groups is 1. The van der Waals surface area contributed by atoms with Crippen LogP contribution < -0.4 is 5.43 Å². The molecule has 1 aliphatic rings. The van der Waals surface area contributed by atoms with Crippen LogP contribution in [0.15, 0.2) is 57.7 Å². The fraction of sp³-hybridized carbons (Fsp3) is 0.238. The quantitative estimate of drug-likeness (QED) is 0.770. The normalized spacial score (nSPS) is 16.3. The number of benzene rings is 2. The summed E-state index contributed by atoms with van der Waals surface area (Å²) in [5.74, 6) is -0.0445. The number of phenols is 1. The Balaban J connectivity index is 1.93. The molecule has 0 spiro atoms. The van der Waals surface area contributed by atoms with E-state index in [0.29, 0.717) is 29.6 Å². The van der Waals surface area contributed by atoms with Gasteiger partial charge in [0.1, 0.15) is 11.3 Å². The van der Waals surface area contributed by atoms with E-state index in [4.69, 9.17) is 4.42 Å². The van der Waals surface area contributed by atoms with Crippen LogP contribution >= 0.6 is 0 Å². The monoisotopic (exact) mass is 364 g/mol. The number of hydrogen-bond acceptors (Lipinski definition) is 5. The van der Waals surface area contributed by atoms with Gasteiger partial charge in [-0.25, -0.2) is 0 Å². The zero-order valence-electron chi connectivity index (χ0n) is 15.2. The first-order valence-electron chi connectivity index (χ1n) is 8.77. The second kappa shape index (κ2) is 6.55. The molecular formula is C21H20N2O4. The van der Waals surface area contributed by atoms with Gasteiger partial charge < -0.3 is 19.3 Å². The van der Waals surface area contributed by atoms with Crippen molar-refractivity contribution in [2.75, 3.05) is 27.2 Å². The third-order valence-corrected chi connectivity index (χ3v) is 4.87. The van der Waals surface area contributed by atoms with E-state index in [1.54, 1.807) is 53.4 Å². The predicted octanol–water partition coefficient (Wildman–Crippen LogP) is 2.61. The SMILES string of the molecule is CN(C)CCN1C(=O)c2oc3ccccc3c(=O)c2C1c1ccc(O)cc1. The number of rotatable bonds is 4. The van der Waals surface area contributed by atoms with Crippen LogP contribution in [0.2, 0.25) is 0 Å². The number of carbonyl (C=O) groups excluding carboxylic acids is 1. The van der Waals surface area contributed by atoms with Gasteiger partial charge in [-0.1, -0.05) is 24.3 Å². The maximum absolute atomic E-state index is 13.2. The summed E-state index contributed by atoms with van der Waals surface area (Å²) >= 11 is 0. The van der Waals surface area contributed by atoms with E-state index in [2.05, 4.69) is 0 Å². The highest BCUT2D eigenvalue weighted by molar-refractivity contribution is 5.99. The maximum atomic E-state index is 13.2. The Labute approximate surface area is 156 Å². The van der Waals surface area contributed by atoms with Crippen LogP contribution in [0.25, 0.3) is 11.0 Å². The second-order valence-corrected chi connectivity index (χ2v) is 6.97. The van der Waals surface area contributed by atoms with Crippen LogP contribution in [0, 0.1) is 0 Å². The van der Waals surface area contributed by atoms with Crippen molar-refractivity contribution in [2.24, 2.45) is 0 Å². The molecular weight excluding hydrogens is 344 g/mol. The number of amides is 1. The summed E-state index contributed by atoms with van der Waals surface area (Å²) in [5.41, 5.74) is 1.35. The molecule has 0 bridgehead atoms. The number of nitrogens with zero attached hydrogens (tertiary/aromatic N) is 2. The van der Waals surface area contributed by atoms with E-state index < -0.39 is 6.04 Å². The molecule has 6 heteroatoms. The Morgan fingerprint density at radius 1 is 1.07 bits per heavy atom. The largest absolute Gasteiger partial charge is 0.508 e. The molecule has 2 heterocycles. The van der Waals surface area contributed by atoms with Gasteiger partial charge in [-0.3, -0.25) is 9.59 Å². The fourth-order valence-corrected chi connectivity index (χ4v) is 3.51. The lowest BCUT2D eigenvalue weighted by Crippen LogP contribution is -2.35. The lowest BCUT2D eigenvalue weighted by Gasteiger charge is -2.26. The Kier molecular flexibility index (Phi) is 4.20. The third kappa shape index (κ3) is 2.88. The van der Waals surface area contributed by atoms with Crippen LogP contribution in [0.5, 0.6) is 5.75 Å².